The molecule has 1 aliphatic rings. The zero-order valence-electron chi connectivity index (χ0n) is 25.0. The molecule has 1 saturated heterocycles. The summed E-state index contributed by atoms with van der Waals surface area (Å²) in [5, 5.41) is 7.98. The van der Waals surface area contributed by atoms with Crippen LogP contribution in [0.2, 0.25) is 0 Å². The second-order valence-corrected chi connectivity index (χ2v) is 11.1. The van der Waals surface area contributed by atoms with Crippen molar-refractivity contribution >= 4 is 45.0 Å². The highest BCUT2D eigenvalue weighted by Crippen LogP contribution is 2.31. The lowest BCUT2D eigenvalue weighted by atomic mass is 10.1. The normalized spacial score (nSPS) is 17.8. The Morgan fingerprint density at radius 3 is 1.55 bits per heavy atom. The van der Waals surface area contributed by atoms with E-state index in [2.05, 4.69) is 44.2 Å². The van der Waals surface area contributed by atoms with E-state index in [1.54, 1.807) is 38.7 Å². The van der Waals surface area contributed by atoms with Gasteiger partial charge in [-0.05, 0) is 63.1 Å². The maximum absolute atomic E-state index is 13.2. The number of hydrogen-bond donors (Lipinski definition) is 2. The van der Waals surface area contributed by atoms with Crippen molar-refractivity contribution in [1.29, 1.82) is 0 Å². The van der Waals surface area contributed by atoms with Crippen molar-refractivity contribution in [2.45, 2.75) is 39.8 Å². The van der Waals surface area contributed by atoms with E-state index in [-0.39, 0.29) is 37.0 Å². The highest BCUT2D eigenvalue weighted by molar-refractivity contribution is 6.03. The standard InChI is InChI=1S/C32H38N6O4/c1-19-7-9-33-31-25(19)11-23(41-5)13-27(31)35-29(39)17-37-15-22(4)38(16-21(37)3)18-30(40)36-28-14-24(42-6)12-26-20(2)8-10-34-32(26)28/h7-14,21-22H,15-18H2,1-6H3,(H,35,39)(H,36,40)/t21-,22+. The van der Waals surface area contributed by atoms with E-state index in [9.17, 15) is 9.59 Å². The molecule has 2 atom stereocenters. The van der Waals surface area contributed by atoms with E-state index in [4.69, 9.17) is 9.47 Å². The number of methoxy groups -OCH3 is 2. The summed E-state index contributed by atoms with van der Waals surface area (Å²) in [6.45, 7) is 9.95. The fourth-order valence-electron chi connectivity index (χ4n) is 5.61. The first kappa shape index (κ1) is 29.2. The summed E-state index contributed by atoms with van der Waals surface area (Å²) in [5.74, 6) is 1.09. The number of piperazine rings is 1. The highest BCUT2D eigenvalue weighted by atomic mass is 16.5. The molecule has 10 nitrogen and oxygen atoms in total. The van der Waals surface area contributed by atoms with Crippen LogP contribution >= 0.6 is 0 Å². The van der Waals surface area contributed by atoms with Crippen molar-refractivity contribution in [2.24, 2.45) is 0 Å². The van der Waals surface area contributed by atoms with E-state index in [0.29, 0.717) is 36.0 Å². The van der Waals surface area contributed by atoms with Crippen LogP contribution in [0.3, 0.4) is 0 Å². The molecule has 1 fully saturated rings. The minimum absolute atomic E-state index is 0.0733. The number of carbonyl (C=O) groups is 2. The average Bonchev–Trinajstić information content (AvgIpc) is 2.96. The van der Waals surface area contributed by atoms with Crippen molar-refractivity contribution in [3.8, 4) is 11.5 Å². The van der Waals surface area contributed by atoms with Crippen LogP contribution in [0.15, 0.2) is 48.8 Å². The Balaban J connectivity index is 1.22. The van der Waals surface area contributed by atoms with Gasteiger partial charge in [-0.1, -0.05) is 0 Å². The Bertz CT molecular complexity index is 1520. The lowest BCUT2D eigenvalue weighted by Crippen LogP contribution is -2.58. The molecule has 0 radical (unpaired) electrons. The Morgan fingerprint density at radius 1 is 0.762 bits per heavy atom. The van der Waals surface area contributed by atoms with E-state index >= 15 is 0 Å². The smallest absolute Gasteiger partial charge is 0.238 e. The van der Waals surface area contributed by atoms with Gasteiger partial charge >= 0.3 is 0 Å². The van der Waals surface area contributed by atoms with Gasteiger partial charge in [-0.2, -0.15) is 0 Å². The second kappa shape index (κ2) is 12.3. The number of anilines is 2. The molecule has 5 rings (SSSR count). The number of amides is 2. The molecule has 2 aromatic carbocycles. The maximum Gasteiger partial charge on any atom is 0.238 e. The first-order valence-electron chi connectivity index (χ1n) is 14.1. The van der Waals surface area contributed by atoms with Gasteiger partial charge in [0.15, 0.2) is 0 Å². The highest BCUT2D eigenvalue weighted by Gasteiger charge is 2.31. The molecule has 0 aliphatic carbocycles. The molecule has 2 aromatic heterocycles. The monoisotopic (exact) mass is 570 g/mol. The molecule has 10 heteroatoms. The molecule has 2 N–H and O–H groups in total. The summed E-state index contributed by atoms with van der Waals surface area (Å²) in [6.07, 6.45) is 3.49. The molecule has 0 spiro atoms. The number of pyridine rings is 2. The second-order valence-electron chi connectivity index (χ2n) is 11.1. The third-order valence-electron chi connectivity index (χ3n) is 8.03. The number of aryl methyl sites for hydroxylation is 2. The summed E-state index contributed by atoms with van der Waals surface area (Å²) < 4.78 is 10.9. The van der Waals surface area contributed by atoms with Gasteiger partial charge in [-0.3, -0.25) is 29.4 Å². The van der Waals surface area contributed by atoms with E-state index in [1.807, 2.05) is 38.1 Å². The number of hydrogen-bond acceptors (Lipinski definition) is 8. The Morgan fingerprint density at radius 2 is 1.17 bits per heavy atom. The van der Waals surface area contributed by atoms with Crippen LogP contribution < -0.4 is 20.1 Å². The number of benzene rings is 2. The Kier molecular flexibility index (Phi) is 8.56. The fraction of sp³-hybridized carbons (Fsp3) is 0.375. The van der Waals surface area contributed by atoms with Gasteiger partial charge in [0.05, 0.1) is 49.7 Å². The molecule has 220 valence electrons. The van der Waals surface area contributed by atoms with Crippen molar-refractivity contribution in [3.63, 3.8) is 0 Å². The summed E-state index contributed by atoms with van der Waals surface area (Å²) in [4.78, 5) is 39.7. The van der Waals surface area contributed by atoms with Crippen LogP contribution in [-0.4, -0.2) is 84.1 Å². The van der Waals surface area contributed by atoms with Gasteiger partial charge in [0.25, 0.3) is 0 Å². The number of carbonyl (C=O) groups excluding carboxylic acids is 2. The predicted molar refractivity (Wildman–Crippen MR) is 165 cm³/mol. The summed E-state index contributed by atoms with van der Waals surface area (Å²) in [6, 6.07) is 11.5. The van der Waals surface area contributed by atoms with Crippen LogP contribution in [0.4, 0.5) is 11.4 Å². The molecule has 42 heavy (non-hydrogen) atoms. The zero-order valence-corrected chi connectivity index (χ0v) is 25.0. The van der Waals surface area contributed by atoms with Crippen LogP contribution in [0.1, 0.15) is 25.0 Å². The van der Waals surface area contributed by atoms with Crippen LogP contribution in [0.25, 0.3) is 21.8 Å². The minimum Gasteiger partial charge on any atom is -0.497 e. The molecule has 4 aromatic rings. The van der Waals surface area contributed by atoms with Crippen molar-refractivity contribution in [1.82, 2.24) is 19.8 Å². The molecular weight excluding hydrogens is 532 g/mol. The zero-order chi connectivity index (χ0) is 30.0. The van der Waals surface area contributed by atoms with E-state index in [1.165, 1.54) is 0 Å². The fourth-order valence-corrected chi connectivity index (χ4v) is 5.61. The quantitative estimate of drug-likeness (QED) is 0.321. The Labute approximate surface area is 246 Å². The lowest BCUT2D eigenvalue weighted by Gasteiger charge is -2.43. The number of nitrogens with zero attached hydrogens (tertiary/aromatic N) is 4. The molecule has 2 amide bonds. The molecular formula is C32H38N6O4. The number of fused-ring (bicyclic) bond motifs is 2. The first-order valence-corrected chi connectivity index (χ1v) is 14.1. The van der Waals surface area contributed by atoms with Gasteiger partial charge < -0.3 is 20.1 Å². The third kappa shape index (κ3) is 6.14. The SMILES string of the molecule is COc1cc(NC(=O)CN2C[C@H](C)N(CC(=O)Nc3cc(OC)cc4c(C)ccnc34)C[C@H]2C)c2nccc(C)c2c1. The number of rotatable bonds is 8. The van der Waals surface area contributed by atoms with Gasteiger partial charge in [0.2, 0.25) is 11.8 Å². The van der Waals surface area contributed by atoms with Gasteiger partial charge in [-0.15, -0.1) is 0 Å². The van der Waals surface area contributed by atoms with E-state index in [0.717, 1.165) is 32.9 Å². The van der Waals surface area contributed by atoms with Crippen molar-refractivity contribution in [2.75, 3.05) is 51.0 Å². The molecule has 0 saturated carbocycles. The number of ether oxygens (including phenoxy) is 2. The summed E-state index contributed by atoms with van der Waals surface area (Å²) in [5.41, 5.74) is 4.84. The predicted octanol–water partition coefficient (Wildman–Crippen LogP) is 4.39. The van der Waals surface area contributed by atoms with E-state index < -0.39 is 0 Å². The molecule has 3 heterocycles. The van der Waals surface area contributed by atoms with Crippen LogP contribution in [0, 0.1) is 13.8 Å². The molecule has 0 unspecified atom stereocenters. The molecule has 0 bridgehead atoms. The van der Waals surface area contributed by atoms with Crippen molar-refractivity contribution < 1.29 is 19.1 Å². The topological polar surface area (TPSA) is 109 Å². The number of aromatic nitrogens is 2. The first-order chi connectivity index (χ1) is 20.2. The summed E-state index contributed by atoms with van der Waals surface area (Å²) >= 11 is 0. The lowest BCUT2D eigenvalue weighted by molar-refractivity contribution is -0.121. The Hall–Kier alpha value is -4.28. The van der Waals surface area contributed by atoms with Gasteiger partial charge in [0.1, 0.15) is 11.5 Å². The molecule has 1 aliphatic heterocycles. The maximum atomic E-state index is 13.2. The van der Waals surface area contributed by atoms with Crippen molar-refractivity contribution in [3.05, 3.63) is 59.9 Å². The average molecular weight is 571 g/mol. The van der Waals surface area contributed by atoms with Crippen LogP contribution in [-0.2, 0) is 9.59 Å². The van der Waals surface area contributed by atoms with Gasteiger partial charge in [0, 0.05) is 60.5 Å². The van der Waals surface area contributed by atoms with Crippen LogP contribution in [0.5, 0.6) is 11.5 Å². The largest absolute Gasteiger partial charge is 0.497 e. The minimum atomic E-state index is -0.120. The number of nitrogens with one attached hydrogen (secondary N) is 2. The van der Waals surface area contributed by atoms with Gasteiger partial charge in [-0.25, -0.2) is 0 Å². The third-order valence-corrected chi connectivity index (χ3v) is 8.03. The summed E-state index contributed by atoms with van der Waals surface area (Å²) in [7, 11) is 3.22.